The lowest BCUT2D eigenvalue weighted by atomic mass is 9.64. The quantitative estimate of drug-likeness (QED) is 0.440. The molecule has 0 N–H and O–H groups in total. The topological polar surface area (TPSA) is 77.1 Å². The van der Waals surface area contributed by atoms with Crippen molar-refractivity contribution in [1.82, 2.24) is 20.1 Å². The second-order valence-corrected chi connectivity index (χ2v) is 7.40. The summed E-state index contributed by atoms with van der Waals surface area (Å²) < 4.78 is 5.53. The maximum atomic E-state index is 5.53. The molecule has 0 saturated heterocycles. The van der Waals surface area contributed by atoms with E-state index in [0.29, 0.717) is 11.7 Å². The van der Waals surface area contributed by atoms with Gasteiger partial charge in [0, 0.05) is 36.1 Å². The molecular formula is C23H23N5O. The molecule has 0 spiro atoms. The molecule has 1 aliphatic rings. The van der Waals surface area contributed by atoms with Crippen LogP contribution < -0.4 is 0 Å². The molecule has 0 radical (unpaired) electrons. The molecule has 146 valence electrons. The molecule has 1 fully saturated rings. The first-order valence-electron chi connectivity index (χ1n) is 9.67. The molecule has 3 aromatic heterocycles. The Hall–Kier alpha value is -3.41. The van der Waals surface area contributed by atoms with Gasteiger partial charge >= 0.3 is 0 Å². The number of allylic oxidation sites excluding steroid dienone is 2. The van der Waals surface area contributed by atoms with Crippen molar-refractivity contribution in [2.75, 3.05) is 0 Å². The van der Waals surface area contributed by atoms with Gasteiger partial charge in [-0.3, -0.25) is 15.0 Å². The third-order valence-electron chi connectivity index (χ3n) is 5.26. The zero-order valence-corrected chi connectivity index (χ0v) is 16.7. The average molecular weight is 385 g/mol. The predicted molar refractivity (Wildman–Crippen MR) is 113 cm³/mol. The number of hydrogen-bond donors (Lipinski definition) is 0. The second-order valence-electron chi connectivity index (χ2n) is 7.40. The van der Waals surface area contributed by atoms with E-state index in [9.17, 15) is 0 Å². The first-order chi connectivity index (χ1) is 14.1. The summed E-state index contributed by atoms with van der Waals surface area (Å²) in [4.78, 5) is 17.8. The molecule has 0 unspecified atom stereocenters. The van der Waals surface area contributed by atoms with Crippen LogP contribution in [0.2, 0.25) is 0 Å². The van der Waals surface area contributed by atoms with Crippen molar-refractivity contribution in [3.63, 3.8) is 0 Å². The maximum Gasteiger partial charge on any atom is 0.259 e. The van der Waals surface area contributed by atoms with Crippen molar-refractivity contribution in [3.8, 4) is 11.5 Å². The fourth-order valence-electron chi connectivity index (χ4n) is 3.47. The summed E-state index contributed by atoms with van der Waals surface area (Å²) in [5, 5.41) is 4.30. The van der Waals surface area contributed by atoms with Crippen LogP contribution in [0.25, 0.3) is 17.0 Å². The molecular weight excluding hydrogens is 362 g/mol. The van der Waals surface area contributed by atoms with E-state index < -0.39 is 0 Å². The highest BCUT2D eigenvalue weighted by molar-refractivity contribution is 5.81. The van der Waals surface area contributed by atoms with Gasteiger partial charge in [0.1, 0.15) is 0 Å². The van der Waals surface area contributed by atoms with Crippen LogP contribution in [0, 0.1) is 0 Å². The highest BCUT2D eigenvalue weighted by Crippen LogP contribution is 2.48. The Balaban J connectivity index is 1.65. The second kappa shape index (κ2) is 7.91. The van der Waals surface area contributed by atoms with Crippen molar-refractivity contribution in [1.29, 1.82) is 0 Å². The molecule has 0 amide bonds. The van der Waals surface area contributed by atoms with Gasteiger partial charge < -0.3 is 4.52 Å². The van der Waals surface area contributed by atoms with E-state index in [1.54, 1.807) is 24.7 Å². The third-order valence-corrected chi connectivity index (χ3v) is 5.26. The van der Waals surface area contributed by atoms with Gasteiger partial charge in [-0.1, -0.05) is 30.3 Å². The van der Waals surface area contributed by atoms with Gasteiger partial charge in [-0.2, -0.15) is 4.98 Å². The van der Waals surface area contributed by atoms with Gasteiger partial charge in [0.05, 0.1) is 16.7 Å². The molecule has 6 nitrogen and oxygen atoms in total. The molecule has 0 bridgehead atoms. The van der Waals surface area contributed by atoms with Crippen molar-refractivity contribution in [2.45, 2.75) is 38.5 Å². The Bertz CT molecular complexity index is 1060. The Labute approximate surface area is 170 Å². The summed E-state index contributed by atoms with van der Waals surface area (Å²) in [7, 11) is 0. The number of nitrogens with zero attached hydrogens (tertiary/aromatic N) is 5. The van der Waals surface area contributed by atoms with Gasteiger partial charge in [-0.05, 0) is 50.5 Å². The van der Waals surface area contributed by atoms with E-state index in [1.807, 2.05) is 38.2 Å². The molecule has 0 aliphatic heterocycles. The number of pyridine rings is 2. The highest BCUT2D eigenvalue weighted by Gasteiger charge is 2.44. The standard InChI is InChI=1S/C23H23N5O/c1-4-17(14-25-16(2)3)20-9-8-19(15-26-20)23(10-6-11-23)22-27-21(29-28-22)18-7-5-12-24-13-18/h4-5,7-9,12-15H,1,6,10-11H2,2-3H3/b17-14+. The van der Waals surface area contributed by atoms with E-state index in [1.165, 1.54) is 0 Å². The average Bonchev–Trinajstić information content (AvgIpc) is 3.19. The first-order valence-corrected chi connectivity index (χ1v) is 9.67. The van der Waals surface area contributed by atoms with E-state index in [4.69, 9.17) is 4.52 Å². The van der Waals surface area contributed by atoms with Crippen molar-refractivity contribution in [2.24, 2.45) is 4.99 Å². The zero-order valence-electron chi connectivity index (χ0n) is 16.7. The monoisotopic (exact) mass is 385 g/mol. The molecule has 4 rings (SSSR count). The van der Waals surface area contributed by atoms with Crippen molar-refractivity contribution < 1.29 is 4.52 Å². The van der Waals surface area contributed by atoms with Gasteiger partial charge in [0.2, 0.25) is 0 Å². The van der Waals surface area contributed by atoms with Crippen LogP contribution >= 0.6 is 0 Å². The Kier molecular flexibility index (Phi) is 5.16. The summed E-state index contributed by atoms with van der Waals surface area (Å²) in [5.74, 6) is 1.21. The van der Waals surface area contributed by atoms with E-state index in [0.717, 1.165) is 47.4 Å². The van der Waals surface area contributed by atoms with Crippen LogP contribution in [0.5, 0.6) is 0 Å². The van der Waals surface area contributed by atoms with Gasteiger partial charge in [0.25, 0.3) is 5.89 Å². The summed E-state index contributed by atoms with van der Waals surface area (Å²) in [6, 6.07) is 7.88. The Morgan fingerprint density at radius 1 is 1.21 bits per heavy atom. The maximum absolute atomic E-state index is 5.53. The highest BCUT2D eigenvalue weighted by atomic mass is 16.5. The molecule has 6 heteroatoms. The number of aromatic nitrogens is 4. The lowest BCUT2D eigenvalue weighted by Gasteiger charge is -2.39. The summed E-state index contributed by atoms with van der Waals surface area (Å²) in [6.45, 7) is 7.79. The number of aliphatic imine (C=N–C) groups is 1. The van der Waals surface area contributed by atoms with Crippen LogP contribution in [0.3, 0.4) is 0 Å². The molecule has 1 aliphatic carbocycles. The van der Waals surface area contributed by atoms with Crippen LogP contribution in [-0.4, -0.2) is 25.8 Å². The predicted octanol–water partition coefficient (Wildman–Crippen LogP) is 5.00. The molecule has 1 saturated carbocycles. The Morgan fingerprint density at radius 2 is 2.07 bits per heavy atom. The number of rotatable bonds is 6. The molecule has 0 aromatic carbocycles. The molecule has 3 heterocycles. The molecule has 3 aromatic rings. The fourth-order valence-corrected chi connectivity index (χ4v) is 3.47. The summed E-state index contributed by atoms with van der Waals surface area (Å²) >= 11 is 0. The smallest absolute Gasteiger partial charge is 0.259 e. The third kappa shape index (κ3) is 3.66. The minimum absolute atomic E-state index is 0.244. The number of hydrogen-bond acceptors (Lipinski definition) is 6. The van der Waals surface area contributed by atoms with Gasteiger partial charge in [-0.15, -0.1) is 0 Å². The zero-order chi connectivity index (χ0) is 20.3. The van der Waals surface area contributed by atoms with Gasteiger partial charge in [0.15, 0.2) is 5.82 Å². The fraction of sp³-hybridized carbons (Fsp3) is 0.261. The lowest BCUT2D eigenvalue weighted by Crippen LogP contribution is -2.36. The molecule has 29 heavy (non-hydrogen) atoms. The Morgan fingerprint density at radius 3 is 2.66 bits per heavy atom. The normalized spacial score (nSPS) is 15.4. The van der Waals surface area contributed by atoms with Gasteiger partial charge in [-0.25, -0.2) is 0 Å². The van der Waals surface area contributed by atoms with E-state index in [-0.39, 0.29) is 5.41 Å². The molecule has 0 atom stereocenters. The van der Waals surface area contributed by atoms with Crippen LogP contribution in [-0.2, 0) is 5.41 Å². The van der Waals surface area contributed by atoms with Crippen LogP contribution in [0.4, 0.5) is 0 Å². The SMILES string of the molecule is C=C/C(=C\N=C(C)C)c1ccc(C2(c3noc(-c4cccnc4)n3)CCC2)cn1. The largest absolute Gasteiger partial charge is 0.334 e. The van der Waals surface area contributed by atoms with E-state index in [2.05, 4.69) is 37.7 Å². The summed E-state index contributed by atoms with van der Waals surface area (Å²) in [5.41, 5.74) is 4.39. The minimum Gasteiger partial charge on any atom is -0.334 e. The van der Waals surface area contributed by atoms with Crippen molar-refractivity contribution in [3.05, 3.63) is 78.8 Å². The van der Waals surface area contributed by atoms with Crippen LogP contribution in [0.1, 0.15) is 50.2 Å². The van der Waals surface area contributed by atoms with Crippen molar-refractivity contribution >= 4 is 11.3 Å². The van der Waals surface area contributed by atoms with Crippen LogP contribution in [0.15, 0.2) is 71.2 Å². The minimum atomic E-state index is -0.244. The first kappa shape index (κ1) is 18.9. The van der Waals surface area contributed by atoms with E-state index >= 15 is 0 Å². The lowest BCUT2D eigenvalue weighted by molar-refractivity contribution is 0.272. The summed E-state index contributed by atoms with van der Waals surface area (Å²) in [6.07, 6.45) is 12.0.